The summed E-state index contributed by atoms with van der Waals surface area (Å²) in [6.45, 7) is 5.72. The molecular formula is C14H19N3O4. The summed E-state index contributed by atoms with van der Waals surface area (Å²) in [6, 6.07) is -0.860. The summed E-state index contributed by atoms with van der Waals surface area (Å²) in [5.41, 5.74) is -0.233. The lowest BCUT2D eigenvalue weighted by atomic mass is 10.1. The molecular weight excluding hydrogens is 274 g/mol. The van der Waals surface area contributed by atoms with Crippen molar-refractivity contribution in [3.8, 4) is 0 Å². The van der Waals surface area contributed by atoms with Crippen molar-refractivity contribution in [2.75, 3.05) is 6.54 Å². The zero-order valence-corrected chi connectivity index (χ0v) is 12.3. The number of aliphatic carboxylic acids is 1. The van der Waals surface area contributed by atoms with Crippen LogP contribution in [0.25, 0.3) is 0 Å². The number of carbonyl (C=O) groups excluding carboxylic acids is 1. The molecule has 0 aromatic carbocycles. The van der Waals surface area contributed by atoms with E-state index in [9.17, 15) is 14.4 Å². The first-order valence-electron chi connectivity index (χ1n) is 6.97. The van der Waals surface area contributed by atoms with Gasteiger partial charge in [0.15, 0.2) is 0 Å². The Morgan fingerprint density at radius 3 is 2.62 bits per heavy atom. The van der Waals surface area contributed by atoms with E-state index in [1.165, 1.54) is 4.90 Å². The molecule has 1 aliphatic rings. The number of aryl methyl sites for hydroxylation is 1. The van der Waals surface area contributed by atoms with Gasteiger partial charge in [0.25, 0.3) is 11.5 Å². The van der Waals surface area contributed by atoms with E-state index in [0.29, 0.717) is 30.9 Å². The number of nitrogens with one attached hydrogen (secondary N) is 1. The van der Waals surface area contributed by atoms with E-state index in [2.05, 4.69) is 9.97 Å². The molecule has 7 nitrogen and oxygen atoms in total. The summed E-state index contributed by atoms with van der Waals surface area (Å²) in [7, 11) is 0. The van der Waals surface area contributed by atoms with Crippen LogP contribution in [0.3, 0.4) is 0 Å². The van der Waals surface area contributed by atoms with Crippen molar-refractivity contribution in [2.24, 2.45) is 0 Å². The maximum atomic E-state index is 12.5. The number of hydrogen-bond acceptors (Lipinski definition) is 4. The highest BCUT2D eigenvalue weighted by molar-refractivity contribution is 5.97. The molecule has 21 heavy (non-hydrogen) atoms. The summed E-state index contributed by atoms with van der Waals surface area (Å²) in [4.78, 5) is 43.9. The van der Waals surface area contributed by atoms with Gasteiger partial charge in [0.2, 0.25) is 0 Å². The largest absolute Gasteiger partial charge is 0.480 e. The highest BCUT2D eigenvalue weighted by atomic mass is 16.4. The van der Waals surface area contributed by atoms with Gasteiger partial charge in [-0.2, -0.15) is 0 Å². The number of amides is 1. The molecule has 0 spiro atoms. The third-order valence-corrected chi connectivity index (χ3v) is 3.68. The fourth-order valence-electron chi connectivity index (χ4n) is 2.54. The fraction of sp³-hybridized carbons (Fsp3) is 0.571. The van der Waals surface area contributed by atoms with Gasteiger partial charge < -0.3 is 15.0 Å². The van der Waals surface area contributed by atoms with Gasteiger partial charge in [-0.3, -0.25) is 9.59 Å². The zero-order chi connectivity index (χ0) is 15.7. The highest BCUT2D eigenvalue weighted by Gasteiger charge is 2.36. The van der Waals surface area contributed by atoms with Gasteiger partial charge in [-0.15, -0.1) is 0 Å². The van der Waals surface area contributed by atoms with Crippen LogP contribution in [0, 0.1) is 6.92 Å². The summed E-state index contributed by atoms with van der Waals surface area (Å²) in [5.74, 6) is -1.03. The number of likely N-dealkylation sites (tertiary alicyclic amines) is 1. The molecule has 1 atom stereocenters. The minimum absolute atomic E-state index is 0.0408. The first kappa shape index (κ1) is 15.2. The minimum Gasteiger partial charge on any atom is -0.480 e. The molecule has 2 rings (SSSR count). The molecule has 7 heteroatoms. The van der Waals surface area contributed by atoms with Crippen molar-refractivity contribution >= 4 is 11.9 Å². The molecule has 1 aromatic heterocycles. The van der Waals surface area contributed by atoms with E-state index in [-0.39, 0.29) is 11.5 Å². The molecule has 0 unspecified atom stereocenters. The fourth-order valence-corrected chi connectivity index (χ4v) is 2.54. The van der Waals surface area contributed by atoms with E-state index in [0.717, 1.165) is 0 Å². The standard InChI is InChI=1S/C14H19N3O4/c1-7(2)11-15-8(3)10(12(18)16-11)13(19)17-6-4-5-9(17)14(20)21/h7,9H,4-6H2,1-3H3,(H,20,21)(H,15,16,18)/t9-/m0/s1. The number of carboxylic acid groups (broad SMARTS) is 1. The normalized spacial score (nSPS) is 18.3. The molecule has 1 aliphatic heterocycles. The predicted molar refractivity (Wildman–Crippen MR) is 75.4 cm³/mol. The number of H-pyrrole nitrogens is 1. The van der Waals surface area contributed by atoms with Crippen molar-refractivity contribution in [1.29, 1.82) is 0 Å². The Balaban J connectivity index is 2.40. The average Bonchev–Trinajstić information content (AvgIpc) is 2.86. The number of aromatic amines is 1. The van der Waals surface area contributed by atoms with Crippen LogP contribution in [0.2, 0.25) is 0 Å². The minimum atomic E-state index is -1.04. The SMILES string of the molecule is Cc1nc(C(C)C)[nH]c(=O)c1C(=O)N1CCC[C@H]1C(=O)O. The Morgan fingerprint density at radius 2 is 2.10 bits per heavy atom. The van der Waals surface area contributed by atoms with Gasteiger partial charge in [0.1, 0.15) is 17.4 Å². The monoisotopic (exact) mass is 293 g/mol. The molecule has 2 N–H and O–H groups in total. The topological polar surface area (TPSA) is 103 Å². The average molecular weight is 293 g/mol. The van der Waals surface area contributed by atoms with Gasteiger partial charge in [-0.05, 0) is 19.8 Å². The summed E-state index contributed by atoms with van der Waals surface area (Å²) in [6.07, 6.45) is 1.03. The van der Waals surface area contributed by atoms with Gasteiger partial charge in [-0.25, -0.2) is 9.78 Å². The summed E-state index contributed by atoms with van der Waals surface area (Å²) < 4.78 is 0. The van der Waals surface area contributed by atoms with Crippen molar-refractivity contribution in [2.45, 2.75) is 45.6 Å². The van der Waals surface area contributed by atoms with E-state index in [1.807, 2.05) is 13.8 Å². The molecule has 1 fully saturated rings. The first-order chi connectivity index (χ1) is 9.82. The van der Waals surface area contributed by atoms with Crippen LogP contribution in [0.15, 0.2) is 4.79 Å². The third-order valence-electron chi connectivity index (χ3n) is 3.68. The lowest BCUT2D eigenvalue weighted by Crippen LogP contribution is -2.43. The first-order valence-corrected chi connectivity index (χ1v) is 6.97. The molecule has 0 saturated carbocycles. The number of aromatic nitrogens is 2. The van der Waals surface area contributed by atoms with E-state index in [4.69, 9.17) is 5.11 Å². The molecule has 2 heterocycles. The number of carboxylic acids is 1. The number of hydrogen-bond donors (Lipinski definition) is 2. The van der Waals surface area contributed by atoms with Gasteiger partial charge in [0.05, 0.1) is 5.69 Å². The van der Waals surface area contributed by atoms with Crippen molar-refractivity contribution in [3.63, 3.8) is 0 Å². The predicted octanol–water partition coefficient (Wildman–Crippen LogP) is 0.891. The van der Waals surface area contributed by atoms with E-state index in [1.54, 1.807) is 6.92 Å². The van der Waals surface area contributed by atoms with Crippen LogP contribution in [0.5, 0.6) is 0 Å². The Hall–Kier alpha value is -2.18. The van der Waals surface area contributed by atoms with Crippen LogP contribution in [0.4, 0.5) is 0 Å². The maximum absolute atomic E-state index is 12.5. The van der Waals surface area contributed by atoms with E-state index < -0.39 is 23.5 Å². The Bertz CT molecular complexity index is 636. The van der Waals surface area contributed by atoms with Crippen molar-refractivity contribution in [1.82, 2.24) is 14.9 Å². The van der Waals surface area contributed by atoms with Gasteiger partial charge in [-0.1, -0.05) is 13.8 Å². The summed E-state index contributed by atoms with van der Waals surface area (Å²) >= 11 is 0. The highest BCUT2D eigenvalue weighted by Crippen LogP contribution is 2.20. The van der Waals surface area contributed by atoms with Gasteiger partial charge in [0, 0.05) is 12.5 Å². The van der Waals surface area contributed by atoms with Crippen molar-refractivity contribution < 1.29 is 14.7 Å². The van der Waals surface area contributed by atoms with E-state index >= 15 is 0 Å². The smallest absolute Gasteiger partial charge is 0.326 e. The molecule has 1 amide bonds. The second-order valence-electron chi connectivity index (χ2n) is 5.56. The Morgan fingerprint density at radius 1 is 1.43 bits per heavy atom. The van der Waals surface area contributed by atoms with Crippen LogP contribution in [-0.2, 0) is 4.79 Å². The Labute approximate surface area is 122 Å². The second-order valence-corrected chi connectivity index (χ2v) is 5.56. The van der Waals surface area contributed by atoms with Crippen LogP contribution in [-0.4, -0.2) is 44.4 Å². The quantitative estimate of drug-likeness (QED) is 0.861. The third kappa shape index (κ3) is 2.81. The van der Waals surface area contributed by atoms with Gasteiger partial charge >= 0.3 is 5.97 Å². The molecule has 1 aromatic rings. The second kappa shape index (κ2) is 5.67. The molecule has 0 radical (unpaired) electrons. The molecule has 0 aliphatic carbocycles. The molecule has 114 valence electrons. The summed E-state index contributed by atoms with van der Waals surface area (Å²) in [5, 5.41) is 9.14. The number of nitrogens with zero attached hydrogens (tertiary/aromatic N) is 2. The van der Waals surface area contributed by atoms with Crippen LogP contribution in [0.1, 0.15) is 54.5 Å². The Kier molecular flexibility index (Phi) is 4.11. The number of rotatable bonds is 3. The maximum Gasteiger partial charge on any atom is 0.326 e. The number of carbonyl (C=O) groups is 2. The molecule has 0 bridgehead atoms. The zero-order valence-electron chi connectivity index (χ0n) is 12.3. The molecule has 1 saturated heterocycles. The lowest BCUT2D eigenvalue weighted by molar-refractivity contribution is -0.141. The lowest BCUT2D eigenvalue weighted by Gasteiger charge is -2.21. The van der Waals surface area contributed by atoms with Crippen LogP contribution >= 0.6 is 0 Å². The van der Waals surface area contributed by atoms with Crippen molar-refractivity contribution in [3.05, 3.63) is 27.4 Å². The van der Waals surface area contributed by atoms with Crippen LogP contribution < -0.4 is 5.56 Å².